The Balaban J connectivity index is 1.68. The summed E-state index contributed by atoms with van der Waals surface area (Å²) in [5, 5.41) is 10.9. The van der Waals surface area contributed by atoms with Gasteiger partial charge in [0.15, 0.2) is 0 Å². The molecule has 3 N–H and O–H groups in total. The van der Waals surface area contributed by atoms with Gasteiger partial charge < -0.3 is 20.5 Å². The predicted molar refractivity (Wildman–Crippen MR) is 136 cm³/mol. The van der Waals surface area contributed by atoms with E-state index in [-0.39, 0.29) is 23.3 Å². The lowest BCUT2D eigenvalue weighted by molar-refractivity contribution is -0.0449. The molecule has 2 heterocycles. The van der Waals surface area contributed by atoms with Crippen molar-refractivity contribution in [1.82, 2.24) is 14.0 Å². The molecule has 1 aromatic carbocycles. The number of aromatic nitrogens is 2. The highest BCUT2D eigenvalue weighted by molar-refractivity contribution is 5.42. The fraction of sp³-hybridized carbons (Fsp3) is 0.600. The van der Waals surface area contributed by atoms with Gasteiger partial charge in [-0.15, -0.1) is 0 Å². The van der Waals surface area contributed by atoms with Crippen molar-refractivity contribution in [3.8, 4) is 5.75 Å². The summed E-state index contributed by atoms with van der Waals surface area (Å²) in [5.74, 6) is 1.32. The van der Waals surface area contributed by atoms with E-state index in [1.807, 2.05) is 41.5 Å². The van der Waals surface area contributed by atoms with Gasteiger partial charge in [0.2, 0.25) is 0 Å². The molecule has 34 heavy (non-hydrogen) atoms. The molecule has 1 aliphatic heterocycles. The van der Waals surface area contributed by atoms with Gasteiger partial charge in [0.25, 0.3) is 5.56 Å². The highest BCUT2D eigenvalue weighted by Gasteiger charge is 2.33. The minimum Gasteiger partial charge on any atom is -0.485 e. The van der Waals surface area contributed by atoms with Crippen LogP contribution in [0.25, 0.3) is 0 Å². The van der Waals surface area contributed by atoms with Crippen LogP contribution in [0.15, 0.2) is 39.9 Å². The average Bonchev–Trinajstić information content (AvgIpc) is 2.74. The number of hydrogen-bond donors (Lipinski definition) is 2. The fourth-order valence-electron chi connectivity index (χ4n) is 4.29. The maximum Gasteiger partial charge on any atom is 0.333 e. The number of piperazine rings is 1. The Labute approximate surface area is 201 Å². The van der Waals surface area contributed by atoms with Crippen molar-refractivity contribution in [3.05, 3.63) is 51.2 Å². The van der Waals surface area contributed by atoms with Gasteiger partial charge in [0.1, 0.15) is 23.3 Å². The SMILES string of the molecule is CC(C)n1c(N2CCN(CC(O)C(C)(C)Oc3ccc(N)cc3)CC2)cc(=O)n(C(C)C)c1=O. The van der Waals surface area contributed by atoms with Crippen molar-refractivity contribution in [2.75, 3.05) is 43.4 Å². The molecule has 1 unspecified atom stereocenters. The molecule has 9 heteroatoms. The maximum atomic E-state index is 13.1. The molecule has 9 nitrogen and oxygen atoms in total. The molecule has 2 aromatic rings. The van der Waals surface area contributed by atoms with Crippen molar-refractivity contribution in [1.29, 1.82) is 0 Å². The van der Waals surface area contributed by atoms with Gasteiger partial charge in [0, 0.05) is 56.6 Å². The summed E-state index contributed by atoms with van der Waals surface area (Å²) < 4.78 is 9.04. The molecule has 1 fully saturated rings. The largest absolute Gasteiger partial charge is 0.485 e. The third-order valence-corrected chi connectivity index (χ3v) is 6.37. The Morgan fingerprint density at radius 1 is 0.971 bits per heavy atom. The van der Waals surface area contributed by atoms with Crippen LogP contribution in [0.2, 0.25) is 0 Å². The van der Waals surface area contributed by atoms with Crippen molar-refractivity contribution in [2.45, 2.75) is 65.3 Å². The molecule has 3 rings (SSSR count). The second-order valence-electron chi connectivity index (χ2n) is 10.1. The van der Waals surface area contributed by atoms with Crippen LogP contribution in [0.1, 0.15) is 53.6 Å². The van der Waals surface area contributed by atoms with E-state index in [2.05, 4.69) is 9.80 Å². The smallest absolute Gasteiger partial charge is 0.333 e. The maximum absolute atomic E-state index is 13.1. The molecule has 0 amide bonds. The van der Waals surface area contributed by atoms with Crippen molar-refractivity contribution in [2.24, 2.45) is 0 Å². The minimum absolute atomic E-state index is 0.0702. The third kappa shape index (κ3) is 5.64. The number of nitrogens with two attached hydrogens (primary N) is 1. The molecule has 188 valence electrons. The number of rotatable bonds is 8. The highest BCUT2D eigenvalue weighted by atomic mass is 16.5. The normalized spacial score (nSPS) is 16.3. The fourth-order valence-corrected chi connectivity index (χ4v) is 4.29. The van der Waals surface area contributed by atoms with Gasteiger partial charge in [-0.05, 0) is 65.8 Å². The second kappa shape index (κ2) is 10.2. The van der Waals surface area contributed by atoms with Crippen LogP contribution in [-0.2, 0) is 0 Å². The molecule has 0 aliphatic carbocycles. The average molecular weight is 474 g/mol. The molecular formula is C25H39N5O4. The predicted octanol–water partition coefficient (Wildman–Crippen LogP) is 2.09. The topological polar surface area (TPSA) is 106 Å². The Kier molecular flexibility index (Phi) is 7.77. The van der Waals surface area contributed by atoms with E-state index >= 15 is 0 Å². The zero-order valence-corrected chi connectivity index (χ0v) is 21.2. The Bertz CT molecular complexity index is 1080. The monoisotopic (exact) mass is 473 g/mol. The van der Waals surface area contributed by atoms with Crippen LogP contribution >= 0.6 is 0 Å². The second-order valence-corrected chi connectivity index (χ2v) is 10.1. The lowest BCUT2D eigenvalue weighted by atomic mass is 10.0. The number of aliphatic hydroxyl groups excluding tert-OH is 1. The van der Waals surface area contributed by atoms with E-state index in [0.29, 0.717) is 50.0 Å². The van der Waals surface area contributed by atoms with E-state index in [0.717, 1.165) is 0 Å². The standard InChI is InChI=1S/C25H39N5O4/c1-17(2)29-22(15-23(32)30(18(3)4)24(29)33)28-13-11-27(12-14-28)16-21(31)25(5,6)34-20-9-7-19(26)8-10-20/h7-10,15,17-18,21,31H,11-14,16,26H2,1-6H3. The number of ether oxygens (including phenoxy) is 1. The van der Waals surface area contributed by atoms with E-state index in [1.54, 1.807) is 34.9 Å². The van der Waals surface area contributed by atoms with E-state index in [4.69, 9.17) is 10.5 Å². The first kappa shape index (κ1) is 25.8. The number of anilines is 2. The summed E-state index contributed by atoms with van der Waals surface area (Å²) in [7, 11) is 0. The summed E-state index contributed by atoms with van der Waals surface area (Å²) in [4.78, 5) is 30.0. The number of benzene rings is 1. The van der Waals surface area contributed by atoms with Gasteiger partial charge in [-0.25, -0.2) is 4.79 Å². The molecule has 1 aliphatic rings. The molecule has 1 atom stereocenters. The van der Waals surface area contributed by atoms with Crippen LogP contribution in [0, 0.1) is 0 Å². The number of nitrogens with zero attached hydrogens (tertiary/aromatic N) is 4. The highest BCUT2D eigenvalue weighted by Crippen LogP contribution is 2.24. The number of hydrogen-bond acceptors (Lipinski definition) is 7. The van der Waals surface area contributed by atoms with Crippen LogP contribution in [0.5, 0.6) is 5.75 Å². The summed E-state index contributed by atoms with van der Waals surface area (Å²) in [5.41, 5.74) is 5.07. The van der Waals surface area contributed by atoms with Crippen molar-refractivity contribution >= 4 is 11.5 Å². The van der Waals surface area contributed by atoms with Gasteiger partial charge in [-0.3, -0.25) is 18.8 Å². The van der Waals surface area contributed by atoms with Crippen LogP contribution < -0.4 is 26.6 Å². The quantitative estimate of drug-likeness (QED) is 0.566. The molecule has 1 aromatic heterocycles. The summed E-state index contributed by atoms with van der Waals surface area (Å²) >= 11 is 0. The van der Waals surface area contributed by atoms with Crippen LogP contribution in [-0.4, -0.2) is 63.6 Å². The molecule has 0 radical (unpaired) electrons. The lowest BCUT2D eigenvalue weighted by Gasteiger charge is -2.40. The van der Waals surface area contributed by atoms with Gasteiger partial charge >= 0.3 is 5.69 Å². The number of β-amino-alcohol motifs (C(OH)–C–C–N with tert-alkyl or cyclic N) is 1. The molecule has 0 saturated carbocycles. The Morgan fingerprint density at radius 2 is 1.53 bits per heavy atom. The van der Waals surface area contributed by atoms with E-state index in [1.165, 1.54) is 4.57 Å². The third-order valence-electron chi connectivity index (χ3n) is 6.37. The van der Waals surface area contributed by atoms with Crippen LogP contribution in [0.3, 0.4) is 0 Å². The molecule has 0 spiro atoms. The summed E-state index contributed by atoms with van der Waals surface area (Å²) in [6, 6.07) is 8.44. The van der Waals surface area contributed by atoms with E-state index < -0.39 is 11.7 Å². The van der Waals surface area contributed by atoms with Gasteiger partial charge in [-0.2, -0.15) is 0 Å². The van der Waals surface area contributed by atoms with Crippen LogP contribution in [0.4, 0.5) is 11.5 Å². The Morgan fingerprint density at radius 3 is 2.06 bits per heavy atom. The first-order valence-corrected chi connectivity index (χ1v) is 12.0. The summed E-state index contributed by atoms with van der Waals surface area (Å²) in [6.45, 7) is 14.5. The van der Waals surface area contributed by atoms with Gasteiger partial charge in [-0.1, -0.05) is 0 Å². The summed E-state index contributed by atoms with van der Waals surface area (Å²) in [6.07, 6.45) is -0.708. The van der Waals surface area contributed by atoms with Gasteiger partial charge in [0.05, 0.1) is 0 Å². The van der Waals surface area contributed by atoms with Crippen molar-refractivity contribution < 1.29 is 9.84 Å². The Hall–Kier alpha value is -2.78. The first-order valence-electron chi connectivity index (χ1n) is 12.0. The lowest BCUT2D eigenvalue weighted by Crippen LogP contribution is -2.54. The minimum atomic E-state index is -0.785. The molecule has 0 bridgehead atoms. The van der Waals surface area contributed by atoms with Crippen molar-refractivity contribution in [3.63, 3.8) is 0 Å². The molecular weight excluding hydrogens is 434 g/mol. The zero-order valence-electron chi connectivity index (χ0n) is 21.2. The zero-order chi connectivity index (χ0) is 25.2. The van der Waals surface area contributed by atoms with E-state index in [9.17, 15) is 14.7 Å². The molecule has 1 saturated heterocycles. The number of nitrogen functional groups attached to an aromatic ring is 1. The first-order chi connectivity index (χ1) is 15.9. The number of aliphatic hydroxyl groups is 1.